The Morgan fingerprint density at radius 1 is 1.55 bits per heavy atom. The number of amides is 2. The fraction of sp³-hybridized carbons (Fsp3) is 0.750. The molecule has 0 spiro atoms. The van der Waals surface area contributed by atoms with Crippen LogP contribution in [0.25, 0.3) is 0 Å². The Morgan fingerprint density at radius 3 is 3.05 bits per heavy atom. The number of H-pyrrole nitrogens is 1. The van der Waals surface area contributed by atoms with Crippen molar-refractivity contribution in [2.24, 2.45) is 5.41 Å². The second-order valence-electron chi connectivity index (χ2n) is 6.89. The summed E-state index contributed by atoms with van der Waals surface area (Å²) in [6.45, 7) is 5.69. The van der Waals surface area contributed by atoms with E-state index in [-0.39, 0.29) is 24.1 Å². The molecular formula is C16H28N4O2. The van der Waals surface area contributed by atoms with E-state index in [0.29, 0.717) is 6.54 Å². The number of aromatic amines is 1. The van der Waals surface area contributed by atoms with E-state index in [4.69, 9.17) is 0 Å². The van der Waals surface area contributed by atoms with Gasteiger partial charge in [0.15, 0.2) is 0 Å². The highest BCUT2D eigenvalue weighted by Gasteiger charge is 2.28. The van der Waals surface area contributed by atoms with E-state index in [2.05, 4.69) is 15.5 Å². The highest BCUT2D eigenvalue weighted by atomic mass is 16.3. The molecule has 2 rings (SSSR count). The number of carbonyl (C=O) groups is 1. The summed E-state index contributed by atoms with van der Waals surface area (Å²) in [5.74, 6) is 0. The van der Waals surface area contributed by atoms with Crippen LogP contribution in [0.3, 0.4) is 0 Å². The summed E-state index contributed by atoms with van der Waals surface area (Å²) in [6, 6.07) is 0.133. The zero-order valence-corrected chi connectivity index (χ0v) is 13.6. The minimum Gasteiger partial charge on any atom is -0.396 e. The Hall–Kier alpha value is -1.56. The third-order valence-corrected chi connectivity index (χ3v) is 4.40. The summed E-state index contributed by atoms with van der Waals surface area (Å²) in [6.07, 6.45) is 8.65. The van der Waals surface area contributed by atoms with E-state index < -0.39 is 0 Å². The van der Waals surface area contributed by atoms with Gasteiger partial charge < -0.3 is 15.3 Å². The van der Waals surface area contributed by atoms with Gasteiger partial charge in [-0.15, -0.1) is 0 Å². The molecule has 3 N–H and O–H groups in total. The Bertz CT molecular complexity index is 459. The summed E-state index contributed by atoms with van der Waals surface area (Å²) in [4.78, 5) is 14.4. The lowest BCUT2D eigenvalue weighted by Gasteiger charge is -2.35. The second kappa shape index (κ2) is 7.63. The van der Waals surface area contributed by atoms with E-state index in [0.717, 1.165) is 44.2 Å². The first kappa shape index (κ1) is 16.8. The smallest absolute Gasteiger partial charge is 0.317 e. The summed E-state index contributed by atoms with van der Waals surface area (Å²) in [5, 5.41) is 19.1. The zero-order valence-electron chi connectivity index (χ0n) is 13.6. The van der Waals surface area contributed by atoms with Crippen molar-refractivity contribution in [3.8, 4) is 0 Å². The van der Waals surface area contributed by atoms with Gasteiger partial charge >= 0.3 is 6.03 Å². The number of carbonyl (C=O) groups excluding carboxylic acids is 1. The Kier molecular flexibility index (Phi) is 5.83. The number of aromatic nitrogens is 2. The number of piperidine rings is 1. The number of nitrogens with one attached hydrogen (secondary N) is 2. The molecule has 1 atom stereocenters. The van der Waals surface area contributed by atoms with Crippen LogP contribution >= 0.6 is 0 Å². The van der Waals surface area contributed by atoms with E-state index in [1.165, 1.54) is 0 Å². The van der Waals surface area contributed by atoms with E-state index in [9.17, 15) is 9.90 Å². The first-order valence-electron chi connectivity index (χ1n) is 8.17. The average Bonchev–Trinajstić information content (AvgIpc) is 3.05. The molecule has 6 nitrogen and oxygen atoms in total. The third kappa shape index (κ3) is 4.47. The molecule has 6 heteroatoms. The maximum atomic E-state index is 12.4. The third-order valence-electron chi connectivity index (χ3n) is 4.40. The van der Waals surface area contributed by atoms with Gasteiger partial charge in [0.05, 0.1) is 12.2 Å². The van der Waals surface area contributed by atoms with Gasteiger partial charge in [-0.3, -0.25) is 5.10 Å². The molecule has 1 saturated heterocycles. The van der Waals surface area contributed by atoms with Crippen LogP contribution in [0.5, 0.6) is 0 Å². The van der Waals surface area contributed by atoms with Crippen molar-refractivity contribution in [1.82, 2.24) is 20.4 Å². The van der Waals surface area contributed by atoms with Crippen LogP contribution in [-0.2, 0) is 0 Å². The molecule has 0 aromatic carbocycles. The van der Waals surface area contributed by atoms with Crippen molar-refractivity contribution in [1.29, 1.82) is 0 Å². The van der Waals surface area contributed by atoms with Gasteiger partial charge in [-0.05, 0) is 37.5 Å². The number of nitrogens with zero attached hydrogens (tertiary/aromatic N) is 2. The topological polar surface area (TPSA) is 81.2 Å². The lowest BCUT2D eigenvalue weighted by atomic mass is 9.89. The molecule has 124 valence electrons. The molecule has 1 fully saturated rings. The summed E-state index contributed by atoms with van der Waals surface area (Å²) >= 11 is 0. The van der Waals surface area contributed by atoms with Crippen molar-refractivity contribution in [2.75, 3.05) is 19.7 Å². The van der Waals surface area contributed by atoms with Gasteiger partial charge in [-0.2, -0.15) is 5.10 Å². The summed E-state index contributed by atoms with van der Waals surface area (Å²) in [7, 11) is 0. The number of urea groups is 1. The fourth-order valence-electron chi connectivity index (χ4n) is 2.91. The quantitative estimate of drug-likeness (QED) is 0.706. The number of aliphatic hydroxyl groups excluding tert-OH is 1. The molecule has 1 aromatic rings. The van der Waals surface area contributed by atoms with Crippen LogP contribution in [-0.4, -0.2) is 45.9 Å². The SMILES string of the molecule is CC(C)(CO)CCCNC(=O)N1CCCCC1c1cn[nH]c1. The molecule has 1 unspecified atom stereocenters. The largest absolute Gasteiger partial charge is 0.396 e. The monoisotopic (exact) mass is 308 g/mol. The summed E-state index contributed by atoms with van der Waals surface area (Å²) < 4.78 is 0. The zero-order chi connectivity index (χ0) is 16.0. The molecule has 0 saturated carbocycles. The minimum atomic E-state index is -0.0742. The molecule has 1 aliphatic heterocycles. The van der Waals surface area contributed by atoms with Crippen LogP contribution in [0.2, 0.25) is 0 Å². The average molecular weight is 308 g/mol. The first-order chi connectivity index (χ1) is 10.5. The number of hydrogen-bond donors (Lipinski definition) is 3. The molecule has 22 heavy (non-hydrogen) atoms. The molecule has 0 aliphatic carbocycles. The van der Waals surface area contributed by atoms with E-state index >= 15 is 0 Å². The highest BCUT2D eigenvalue weighted by molar-refractivity contribution is 5.74. The lowest BCUT2D eigenvalue weighted by molar-refractivity contribution is 0.142. The molecule has 1 aliphatic rings. The second-order valence-corrected chi connectivity index (χ2v) is 6.89. The van der Waals surface area contributed by atoms with Crippen molar-refractivity contribution in [3.63, 3.8) is 0 Å². The Morgan fingerprint density at radius 2 is 2.36 bits per heavy atom. The van der Waals surface area contributed by atoms with Crippen molar-refractivity contribution in [3.05, 3.63) is 18.0 Å². The van der Waals surface area contributed by atoms with Crippen LogP contribution in [0.4, 0.5) is 4.79 Å². The predicted molar refractivity (Wildman–Crippen MR) is 85.4 cm³/mol. The normalized spacial score (nSPS) is 19.2. The first-order valence-corrected chi connectivity index (χ1v) is 8.17. The van der Waals surface area contributed by atoms with Gasteiger partial charge in [-0.25, -0.2) is 4.79 Å². The van der Waals surface area contributed by atoms with E-state index in [1.807, 2.05) is 24.9 Å². The molecular weight excluding hydrogens is 280 g/mol. The molecule has 0 bridgehead atoms. The highest BCUT2D eigenvalue weighted by Crippen LogP contribution is 2.30. The summed E-state index contributed by atoms with van der Waals surface area (Å²) in [5.41, 5.74) is 1.01. The van der Waals surface area contributed by atoms with Crippen LogP contribution in [0, 0.1) is 5.41 Å². The van der Waals surface area contributed by atoms with Gasteiger partial charge in [0, 0.05) is 31.5 Å². The van der Waals surface area contributed by atoms with Gasteiger partial charge in [0.1, 0.15) is 0 Å². The number of hydrogen-bond acceptors (Lipinski definition) is 3. The van der Waals surface area contributed by atoms with Crippen LogP contribution in [0.15, 0.2) is 12.4 Å². The van der Waals surface area contributed by atoms with Gasteiger partial charge in [0.25, 0.3) is 0 Å². The molecule has 2 amide bonds. The maximum Gasteiger partial charge on any atom is 0.317 e. The van der Waals surface area contributed by atoms with Gasteiger partial charge in [0.2, 0.25) is 0 Å². The maximum absolute atomic E-state index is 12.4. The molecule has 2 heterocycles. The van der Waals surface area contributed by atoms with Crippen molar-refractivity contribution < 1.29 is 9.90 Å². The van der Waals surface area contributed by atoms with Crippen LogP contribution < -0.4 is 5.32 Å². The molecule has 0 radical (unpaired) electrons. The number of aliphatic hydroxyl groups is 1. The molecule has 1 aromatic heterocycles. The number of rotatable bonds is 6. The van der Waals surface area contributed by atoms with Crippen molar-refractivity contribution >= 4 is 6.03 Å². The Labute approximate surface area is 132 Å². The van der Waals surface area contributed by atoms with Gasteiger partial charge in [-0.1, -0.05) is 13.8 Å². The van der Waals surface area contributed by atoms with Crippen molar-refractivity contribution in [2.45, 2.75) is 52.0 Å². The standard InChI is InChI=1S/C16H28N4O2/c1-16(2,12-21)7-5-8-17-15(22)20-9-4-3-6-14(20)13-10-18-19-11-13/h10-11,14,21H,3-9,12H2,1-2H3,(H,17,22)(H,18,19). The van der Waals surface area contributed by atoms with E-state index in [1.54, 1.807) is 6.20 Å². The lowest BCUT2D eigenvalue weighted by Crippen LogP contribution is -2.44. The predicted octanol–water partition coefficient (Wildman–Crippen LogP) is 2.45. The fourth-order valence-corrected chi connectivity index (χ4v) is 2.91. The minimum absolute atomic E-state index is 0.00713. The number of likely N-dealkylation sites (tertiary alicyclic amines) is 1. The Balaban J connectivity index is 1.82. The van der Waals surface area contributed by atoms with Crippen LogP contribution in [0.1, 0.15) is 57.6 Å².